The van der Waals surface area contributed by atoms with Crippen LogP contribution in [0.2, 0.25) is 0 Å². The van der Waals surface area contributed by atoms with Gasteiger partial charge in [0, 0.05) is 6.42 Å². The first-order valence-electron chi connectivity index (χ1n) is 11.7. The average molecular weight is 425 g/mol. The Kier molecular flexibility index (Phi) is 7.33. The van der Waals surface area contributed by atoms with Crippen LogP contribution in [0.3, 0.4) is 0 Å². The van der Waals surface area contributed by atoms with Crippen molar-refractivity contribution >= 4 is 5.97 Å². The van der Waals surface area contributed by atoms with Gasteiger partial charge in [0.1, 0.15) is 11.2 Å². The fourth-order valence-electron chi connectivity index (χ4n) is 6.56. The smallest absolute Gasteiger partial charge is 0.306 e. The molecule has 0 aromatic heterocycles. The second-order valence-electron chi connectivity index (χ2n) is 10.5. The lowest BCUT2D eigenvalue weighted by molar-refractivity contribution is -0.345. The summed E-state index contributed by atoms with van der Waals surface area (Å²) in [5, 5.41) is 29.7. The highest BCUT2D eigenvalue weighted by Crippen LogP contribution is 2.57. The summed E-state index contributed by atoms with van der Waals surface area (Å²) in [6, 6.07) is 0. The highest BCUT2D eigenvalue weighted by Gasteiger charge is 2.55. The molecule has 6 heteroatoms. The van der Waals surface area contributed by atoms with E-state index in [2.05, 4.69) is 13.8 Å². The summed E-state index contributed by atoms with van der Waals surface area (Å²) in [5.41, 5.74) is 0.0992. The molecule has 1 saturated heterocycles. The van der Waals surface area contributed by atoms with Crippen molar-refractivity contribution in [3.63, 3.8) is 0 Å². The summed E-state index contributed by atoms with van der Waals surface area (Å²) in [4.78, 5) is 21.9. The molecule has 172 valence electrons. The van der Waals surface area contributed by atoms with E-state index in [4.69, 9.17) is 14.9 Å². The summed E-state index contributed by atoms with van der Waals surface area (Å²) >= 11 is 0. The number of aliphatic hydroxyl groups excluding tert-OH is 2. The lowest BCUT2D eigenvalue weighted by Gasteiger charge is -2.57. The molecule has 1 heterocycles. The van der Waals surface area contributed by atoms with Gasteiger partial charge in [-0.2, -0.15) is 0 Å². The molecular weight excluding hydrogens is 384 g/mol. The molecule has 6 nitrogen and oxygen atoms in total. The highest BCUT2D eigenvalue weighted by atomic mass is 17.2. The summed E-state index contributed by atoms with van der Waals surface area (Å²) in [6.07, 6.45) is 8.60. The molecule has 3 aliphatic rings. The Morgan fingerprint density at radius 2 is 1.77 bits per heavy atom. The molecule has 0 bridgehead atoms. The van der Waals surface area contributed by atoms with Crippen molar-refractivity contribution < 1.29 is 29.9 Å². The van der Waals surface area contributed by atoms with E-state index in [1.54, 1.807) is 6.92 Å². The minimum atomic E-state index is -0.866. The zero-order valence-corrected chi connectivity index (χ0v) is 19.0. The number of rotatable bonds is 10. The zero-order chi connectivity index (χ0) is 22.1. The predicted molar refractivity (Wildman–Crippen MR) is 114 cm³/mol. The van der Waals surface area contributed by atoms with E-state index >= 15 is 0 Å². The maximum atomic E-state index is 11.0. The van der Waals surface area contributed by atoms with Crippen LogP contribution < -0.4 is 0 Å². The fourth-order valence-corrected chi connectivity index (χ4v) is 6.56. The van der Waals surface area contributed by atoms with E-state index in [1.165, 1.54) is 5.57 Å². The number of allylic oxidation sites excluding steroid dienone is 1. The van der Waals surface area contributed by atoms with Crippen molar-refractivity contribution in [1.82, 2.24) is 0 Å². The second-order valence-corrected chi connectivity index (χ2v) is 10.5. The second kappa shape index (κ2) is 9.27. The monoisotopic (exact) mass is 424 g/mol. The standard InChI is InChI=1S/C24H40O6/c1-5-16-17(21-20(16)15(2)12-18(25)22(21)28)10-8-6-7-9-11-23(3)14-24(4,30-29-23)13-19(26)27/h12,16-18,20-22,25,28H,5-11,13-14H2,1-4H3,(H,26,27)/t16-,17-,18-,20+,21-,22-,23+,24+/m0/s1. The SMILES string of the molecule is CC[C@H]1[C@H](CCCCCC[C@]2(C)C[C@@](C)(CC(=O)O)OO2)[C@@H]2[C@@H](O)[C@@H](O)C=C(C)[C@H]12. The molecular formula is C24H40O6. The molecule has 0 aromatic rings. The molecule has 3 N–H and O–H groups in total. The van der Waals surface area contributed by atoms with Gasteiger partial charge in [-0.15, -0.1) is 0 Å². The Bertz CT molecular complexity index is 648. The maximum absolute atomic E-state index is 11.0. The Hall–Kier alpha value is -0.950. The number of unbranched alkanes of at least 4 members (excludes halogenated alkanes) is 3. The van der Waals surface area contributed by atoms with Crippen LogP contribution in [0.1, 0.15) is 85.5 Å². The molecule has 3 rings (SSSR count). The summed E-state index contributed by atoms with van der Waals surface area (Å²) in [6.45, 7) is 8.14. The number of carbonyl (C=O) groups is 1. The van der Waals surface area contributed by atoms with Crippen LogP contribution in [0, 0.1) is 23.7 Å². The first-order valence-corrected chi connectivity index (χ1v) is 11.7. The van der Waals surface area contributed by atoms with Crippen molar-refractivity contribution in [3.05, 3.63) is 11.6 Å². The van der Waals surface area contributed by atoms with Crippen LogP contribution in [-0.4, -0.2) is 44.7 Å². The van der Waals surface area contributed by atoms with Gasteiger partial charge in [0.25, 0.3) is 0 Å². The van der Waals surface area contributed by atoms with Gasteiger partial charge in [-0.3, -0.25) is 4.79 Å². The van der Waals surface area contributed by atoms with E-state index in [-0.39, 0.29) is 12.3 Å². The van der Waals surface area contributed by atoms with Crippen molar-refractivity contribution in [1.29, 1.82) is 0 Å². The molecule has 8 atom stereocenters. The maximum Gasteiger partial charge on any atom is 0.306 e. The Morgan fingerprint density at radius 3 is 2.43 bits per heavy atom. The Morgan fingerprint density at radius 1 is 1.10 bits per heavy atom. The third-order valence-electron chi connectivity index (χ3n) is 7.81. The first kappa shape index (κ1) is 23.7. The topological polar surface area (TPSA) is 96.2 Å². The van der Waals surface area contributed by atoms with Gasteiger partial charge in [0.15, 0.2) is 0 Å². The van der Waals surface area contributed by atoms with Gasteiger partial charge < -0.3 is 15.3 Å². The van der Waals surface area contributed by atoms with Crippen molar-refractivity contribution in [3.8, 4) is 0 Å². The number of carboxylic acids is 1. The number of carboxylic acid groups (broad SMARTS) is 1. The van der Waals surface area contributed by atoms with Crippen molar-refractivity contribution in [2.45, 2.75) is 109 Å². The quantitative estimate of drug-likeness (QED) is 0.276. The summed E-state index contributed by atoms with van der Waals surface area (Å²) in [5.74, 6) is 0.926. The molecule has 2 fully saturated rings. The predicted octanol–water partition coefficient (Wildman–Crippen LogP) is 4.24. The highest BCUT2D eigenvalue weighted by molar-refractivity contribution is 5.68. The van der Waals surface area contributed by atoms with Crippen LogP contribution >= 0.6 is 0 Å². The van der Waals surface area contributed by atoms with Gasteiger partial charge in [0.05, 0.1) is 18.6 Å². The molecule has 1 saturated carbocycles. The molecule has 0 aromatic carbocycles. The fraction of sp³-hybridized carbons (Fsp3) is 0.875. The van der Waals surface area contributed by atoms with Gasteiger partial charge >= 0.3 is 5.97 Å². The molecule has 0 radical (unpaired) electrons. The normalized spacial score (nSPS) is 43.1. The van der Waals surface area contributed by atoms with E-state index in [0.717, 1.165) is 44.9 Å². The molecule has 0 unspecified atom stereocenters. The minimum absolute atomic E-state index is 0.0417. The largest absolute Gasteiger partial charge is 0.481 e. The van der Waals surface area contributed by atoms with Crippen LogP contribution in [0.15, 0.2) is 11.6 Å². The summed E-state index contributed by atoms with van der Waals surface area (Å²) < 4.78 is 0. The van der Waals surface area contributed by atoms with Crippen LogP contribution in [0.5, 0.6) is 0 Å². The Labute approximate surface area is 180 Å². The van der Waals surface area contributed by atoms with E-state index in [1.807, 2.05) is 13.0 Å². The third-order valence-corrected chi connectivity index (χ3v) is 7.81. The van der Waals surface area contributed by atoms with Crippen LogP contribution in [0.4, 0.5) is 0 Å². The molecule has 2 aliphatic carbocycles. The lowest BCUT2D eigenvalue weighted by atomic mass is 9.48. The average Bonchev–Trinajstić information content (AvgIpc) is 2.92. The van der Waals surface area contributed by atoms with Gasteiger partial charge in [-0.1, -0.05) is 50.7 Å². The number of hydrogen-bond donors (Lipinski definition) is 3. The first-order chi connectivity index (χ1) is 14.1. The number of fused-ring (bicyclic) bond motifs is 1. The van der Waals surface area contributed by atoms with Gasteiger partial charge in [-0.05, 0) is 57.3 Å². The van der Waals surface area contributed by atoms with Crippen LogP contribution in [0.25, 0.3) is 0 Å². The number of aliphatic hydroxyl groups is 2. The zero-order valence-electron chi connectivity index (χ0n) is 19.0. The van der Waals surface area contributed by atoms with Crippen molar-refractivity contribution in [2.75, 3.05) is 0 Å². The van der Waals surface area contributed by atoms with E-state index < -0.39 is 29.4 Å². The van der Waals surface area contributed by atoms with E-state index in [9.17, 15) is 15.0 Å². The third kappa shape index (κ3) is 4.93. The Balaban J connectivity index is 1.38. The molecule has 0 amide bonds. The summed E-state index contributed by atoms with van der Waals surface area (Å²) in [7, 11) is 0. The molecule has 30 heavy (non-hydrogen) atoms. The van der Waals surface area contributed by atoms with Gasteiger partial charge in [-0.25, -0.2) is 9.78 Å². The van der Waals surface area contributed by atoms with E-state index in [0.29, 0.717) is 24.2 Å². The number of hydrogen-bond acceptors (Lipinski definition) is 5. The van der Waals surface area contributed by atoms with Crippen LogP contribution in [-0.2, 0) is 14.6 Å². The lowest BCUT2D eigenvalue weighted by Crippen LogP contribution is -2.57. The molecule has 1 aliphatic heterocycles. The number of aliphatic carboxylic acids is 1. The van der Waals surface area contributed by atoms with Gasteiger partial charge in [0.2, 0.25) is 0 Å². The molecule has 0 spiro atoms. The minimum Gasteiger partial charge on any atom is -0.481 e. The van der Waals surface area contributed by atoms with Crippen molar-refractivity contribution in [2.24, 2.45) is 23.7 Å².